The van der Waals surface area contributed by atoms with Crippen LogP contribution in [0.2, 0.25) is 0 Å². The Balaban J connectivity index is 1.44. The minimum absolute atomic E-state index is 0.0539. The number of pyridine rings is 2. The van der Waals surface area contributed by atoms with E-state index in [1.807, 2.05) is 84.9 Å². The monoisotopic (exact) mass is 528 g/mol. The maximum absolute atomic E-state index is 11.3. The largest absolute Gasteiger partial charge is 0.287 e. The Morgan fingerprint density at radius 2 is 0.895 bits per heavy atom. The highest BCUT2D eigenvalue weighted by Crippen LogP contribution is 2.23. The van der Waals surface area contributed by atoms with Gasteiger partial charge in [0.15, 0.2) is 10.2 Å². The lowest BCUT2D eigenvalue weighted by molar-refractivity contribution is -0.109. The van der Waals surface area contributed by atoms with Gasteiger partial charge in [-0.05, 0) is 84.6 Å². The number of hydrogen-bond acceptors (Lipinski definition) is 6. The van der Waals surface area contributed by atoms with E-state index in [0.29, 0.717) is 11.4 Å². The van der Waals surface area contributed by atoms with E-state index in [4.69, 9.17) is 9.97 Å². The molecule has 0 radical (unpaired) electrons. The van der Waals surface area contributed by atoms with Crippen molar-refractivity contribution in [3.63, 3.8) is 0 Å². The minimum Gasteiger partial charge on any atom is -0.287 e. The number of benzene rings is 3. The highest BCUT2D eigenvalue weighted by molar-refractivity contribution is 8.13. The second-order valence-corrected chi connectivity index (χ2v) is 10.8. The van der Waals surface area contributed by atoms with E-state index < -0.39 is 0 Å². The third-order valence-electron chi connectivity index (χ3n) is 5.42. The fraction of sp³-hybridized carbons (Fsp3) is 0.0625. The number of carbonyl (C=O) groups is 2. The maximum atomic E-state index is 11.3. The zero-order valence-corrected chi connectivity index (χ0v) is 22.2. The first kappa shape index (κ1) is 25.3. The van der Waals surface area contributed by atoms with Crippen LogP contribution in [0.25, 0.3) is 21.8 Å². The molecule has 0 saturated carbocycles. The molecule has 0 saturated heterocycles. The molecule has 0 aliphatic carbocycles. The van der Waals surface area contributed by atoms with Gasteiger partial charge in [-0.2, -0.15) is 0 Å². The average Bonchev–Trinajstić information content (AvgIpc) is 2.91. The van der Waals surface area contributed by atoms with Crippen molar-refractivity contribution < 1.29 is 9.59 Å². The fourth-order valence-electron chi connectivity index (χ4n) is 3.72. The predicted molar refractivity (Wildman–Crippen MR) is 155 cm³/mol. The number of hydrogen-bond donors (Lipinski definition) is 0. The average molecular weight is 529 g/mol. The van der Waals surface area contributed by atoms with Gasteiger partial charge in [0, 0.05) is 45.5 Å². The van der Waals surface area contributed by atoms with Crippen molar-refractivity contribution in [1.29, 1.82) is 0 Å². The topological polar surface area (TPSA) is 59.9 Å². The Labute approximate surface area is 229 Å². The van der Waals surface area contributed by atoms with Gasteiger partial charge in [-0.1, -0.05) is 47.5 Å². The Morgan fingerprint density at radius 1 is 0.526 bits per heavy atom. The van der Waals surface area contributed by atoms with E-state index in [2.05, 4.69) is 23.7 Å². The lowest BCUT2D eigenvalue weighted by atomic mass is 10.1. The molecule has 3 aromatic carbocycles. The van der Waals surface area contributed by atoms with Gasteiger partial charge in [-0.25, -0.2) is 9.97 Å². The number of thioether (sulfide) groups is 2. The van der Waals surface area contributed by atoms with Gasteiger partial charge >= 0.3 is 0 Å². The van der Waals surface area contributed by atoms with Crippen LogP contribution in [-0.4, -0.2) is 20.2 Å². The van der Waals surface area contributed by atoms with Crippen molar-refractivity contribution in [2.75, 3.05) is 0 Å². The number of aromatic nitrogens is 2. The summed E-state index contributed by atoms with van der Waals surface area (Å²) in [5.41, 5.74) is 4.54. The zero-order valence-electron chi connectivity index (χ0n) is 20.6. The standard InChI is InChI=1S/C32H20N2O2S2/c1-21(35)37-29-17-5-23(6-18-29)3-13-27-15-11-25-9-10-26-12-16-28(34-32(26)31(25)33-27)14-4-24-7-19-30(20-8-24)38-22(2)36/h5-12,15-20H,1-2H3. The SMILES string of the molecule is CC(=O)Sc1ccc(C#Cc2ccc3ccc4ccc(C#Cc5ccc(SC(C)=O)cc5)nc4c3n2)cc1. The van der Waals surface area contributed by atoms with E-state index >= 15 is 0 Å². The molecule has 0 N–H and O–H groups in total. The van der Waals surface area contributed by atoms with Crippen LogP contribution in [0.3, 0.4) is 0 Å². The molecule has 0 bridgehead atoms. The van der Waals surface area contributed by atoms with Crippen LogP contribution in [0, 0.1) is 23.7 Å². The van der Waals surface area contributed by atoms with Crippen LogP contribution in [0.4, 0.5) is 0 Å². The Bertz CT molecular complexity index is 1690. The Kier molecular flexibility index (Phi) is 7.56. The number of nitrogens with zero attached hydrogens (tertiary/aromatic N) is 2. The first-order chi connectivity index (χ1) is 18.4. The smallest absolute Gasteiger partial charge is 0.190 e. The van der Waals surface area contributed by atoms with Crippen molar-refractivity contribution in [3.8, 4) is 23.7 Å². The normalized spacial score (nSPS) is 10.4. The second kappa shape index (κ2) is 11.4. The van der Waals surface area contributed by atoms with Crippen molar-refractivity contribution in [2.45, 2.75) is 23.6 Å². The highest BCUT2D eigenvalue weighted by atomic mass is 32.2. The molecule has 182 valence electrons. The minimum atomic E-state index is 0.0539. The summed E-state index contributed by atoms with van der Waals surface area (Å²) in [5.74, 6) is 12.6. The number of carbonyl (C=O) groups excluding carboxylic acids is 2. The van der Waals surface area contributed by atoms with Gasteiger partial charge in [-0.15, -0.1) is 0 Å². The van der Waals surface area contributed by atoms with Crippen LogP contribution in [0.15, 0.2) is 94.7 Å². The second-order valence-electron chi connectivity index (χ2n) is 8.34. The molecule has 4 nitrogen and oxygen atoms in total. The van der Waals surface area contributed by atoms with Crippen LogP contribution in [0.5, 0.6) is 0 Å². The summed E-state index contributed by atoms with van der Waals surface area (Å²) in [6.45, 7) is 3.10. The summed E-state index contributed by atoms with van der Waals surface area (Å²) >= 11 is 2.40. The van der Waals surface area contributed by atoms with E-state index in [9.17, 15) is 9.59 Å². The molecule has 0 atom stereocenters. The third kappa shape index (κ3) is 6.30. The summed E-state index contributed by atoms with van der Waals surface area (Å²) < 4.78 is 0. The van der Waals surface area contributed by atoms with Crippen molar-refractivity contribution >= 4 is 55.6 Å². The van der Waals surface area contributed by atoms with Crippen molar-refractivity contribution in [1.82, 2.24) is 9.97 Å². The summed E-state index contributed by atoms with van der Waals surface area (Å²) in [6, 6.07) is 27.0. The molecule has 0 unspecified atom stereocenters. The number of rotatable bonds is 2. The first-order valence-corrected chi connectivity index (χ1v) is 13.4. The zero-order chi connectivity index (χ0) is 26.5. The van der Waals surface area contributed by atoms with E-state index in [1.54, 1.807) is 13.8 Å². The van der Waals surface area contributed by atoms with Crippen LogP contribution in [0.1, 0.15) is 36.4 Å². The van der Waals surface area contributed by atoms with Crippen LogP contribution < -0.4 is 0 Å². The maximum Gasteiger partial charge on any atom is 0.190 e. The molecule has 6 heteroatoms. The van der Waals surface area contributed by atoms with Crippen molar-refractivity contribution in [2.24, 2.45) is 0 Å². The summed E-state index contributed by atoms with van der Waals surface area (Å²) in [7, 11) is 0. The molecule has 0 spiro atoms. The molecule has 0 amide bonds. The van der Waals surface area contributed by atoms with Gasteiger partial charge in [0.25, 0.3) is 0 Å². The molecule has 0 fully saturated rings. The molecule has 38 heavy (non-hydrogen) atoms. The summed E-state index contributed by atoms with van der Waals surface area (Å²) in [4.78, 5) is 34.0. The van der Waals surface area contributed by atoms with E-state index in [1.165, 1.54) is 23.5 Å². The fourth-order valence-corrected chi connectivity index (χ4v) is 4.93. The lowest BCUT2D eigenvalue weighted by Crippen LogP contribution is -1.91. The molecular weight excluding hydrogens is 508 g/mol. The molecule has 0 aliphatic rings. The van der Waals surface area contributed by atoms with E-state index in [-0.39, 0.29) is 10.2 Å². The predicted octanol–water partition coefficient (Wildman–Crippen LogP) is 6.86. The quantitative estimate of drug-likeness (QED) is 0.142. The van der Waals surface area contributed by atoms with Gasteiger partial charge < -0.3 is 0 Å². The molecular formula is C32H20N2O2S2. The molecule has 2 aromatic heterocycles. The van der Waals surface area contributed by atoms with Crippen LogP contribution in [-0.2, 0) is 9.59 Å². The lowest BCUT2D eigenvalue weighted by Gasteiger charge is -2.04. The van der Waals surface area contributed by atoms with Crippen molar-refractivity contribution in [3.05, 3.63) is 107 Å². The Hall–Kier alpha value is -4.36. The first-order valence-electron chi connectivity index (χ1n) is 11.7. The molecule has 5 rings (SSSR count). The van der Waals surface area contributed by atoms with Gasteiger partial charge in [-0.3, -0.25) is 9.59 Å². The highest BCUT2D eigenvalue weighted by Gasteiger charge is 2.06. The molecule has 0 aliphatic heterocycles. The summed E-state index contributed by atoms with van der Waals surface area (Å²) in [5, 5.41) is 2.06. The van der Waals surface area contributed by atoms with Gasteiger partial charge in [0.05, 0.1) is 11.0 Å². The number of fused-ring (bicyclic) bond motifs is 3. The van der Waals surface area contributed by atoms with E-state index in [0.717, 1.165) is 42.7 Å². The van der Waals surface area contributed by atoms with Crippen LogP contribution >= 0.6 is 23.5 Å². The Morgan fingerprint density at radius 3 is 1.26 bits per heavy atom. The third-order valence-corrected chi connectivity index (χ3v) is 7.01. The van der Waals surface area contributed by atoms with Gasteiger partial charge in [0.1, 0.15) is 11.4 Å². The summed E-state index contributed by atoms with van der Waals surface area (Å²) in [6.07, 6.45) is 0. The molecule has 5 aromatic rings. The van der Waals surface area contributed by atoms with Gasteiger partial charge in [0.2, 0.25) is 0 Å². The molecule has 2 heterocycles.